The summed E-state index contributed by atoms with van der Waals surface area (Å²) in [5.74, 6) is -2.52. The van der Waals surface area contributed by atoms with E-state index in [0.717, 1.165) is 30.0 Å². The van der Waals surface area contributed by atoms with Gasteiger partial charge in [0, 0.05) is 6.07 Å². The maximum absolute atomic E-state index is 13.8. The summed E-state index contributed by atoms with van der Waals surface area (Å²) in [6.07, 6.45) is 0. The number of carbonyl (C=O) groups excluding carboxylic acids is 1. The van der Waals surface area contributed by atoms with Crippen molar-refractivity contribution in [3.05, 3.63) is 88.7 Å². The van der Waals surface area contributed by atoms with Crippen LogP contribution in [0, 0.1) is 11.6 Å². The molecule has 0 bridgehead atoms. The molecule has 174 valence electrons. The fourth-order valence-corrected chi connectivity index (χ4v) is 3.94. The number of benzene rings is 3. The summed E-state index contributed by atoms with van der Waals surface area (Å²) in [6, 6.07) is 14.6. The summed E-state index contributed by atoms with van der Waals surface area (Å²) >= 11 is 0.896. The molecular weight excluding hydrogens is 474 g/mol. The number of hydrogen-bond donors (Lipinski definition) is 1. The van der Waals surface area contributed by atoms with Crippen LogP contribution in [-0.2, 0) is 4.79 Å². The first kappa shape index (κ1) is 23.3. The van der Waals surface area contributed by atoms with Gasteiger partial charge in [-0.25, -0.2) is 13.8 Å². The number of rotatable bonds is 7. The summed E-state index contributed by atoms with van der Waals surface area (Å²) in [5.41, 5.74) is -0.0549. The van der Waals surface area contributed by atoms with Gasteiger partial charge in [0.05, 0.1) is 28.0 Å². The molecule has 0 aliphatic heterocycles. The number of carbonyl (C=O) groups is 1. The minimum atomic E-state index is -3.00. The molecule has 0 atom stereocenters. The molecule has 4 rings (SSSR count). The van der Waals surface area contributed by atoms with Crippen LogP contribution in [0.3, 0.4) is 0 Å². The highest BCUT2D eigenvalue weighted by Crippen LogP contribution is 2.24. The largest absolute Gasteiger partial charge is 0.435 e. The predicted molar refractivity (Wildman–Crippen MR) is 120 cm³/mol. The summed E-state index contributed by atoms with van der Waals surface area (Å²) < 4.78 is 57.6. The Kier molecular flexibility index (Phi) is 6.82. The van der Waals surface area contributed by atoms with Crippen molar-refractivity contribution < 1.29 is 27.1 Å². The Hall–Kier alpha value is -3.86. The van der Waals surface area contributed by atoms with E-state index in [1.165, 1.54) is 28.8 Å². The summed E-state index contributed by atoms with van der Waals surface area (Å²) in [7, 11) is 0. The highest BCUT2D eigenvalue weighted by Gasteiger charge is 2.16. The molecule has 0 spiro atoms. The van der Waals surface area contributed by atoms with E-state index >= 15 is 0 Å². The minimum absolute atomic E-state index is 0.0914. The van der Waals surface area contributed by atoms with Gasteiger partial charge in [-0.3, -0.25) is 14.2 Å². The average molecular weight is 489 g/mol. The molecule has 0 fully saturated rings. The minimum Gasteiger partial charge on any atom is -0.435 e. The fourth-order valence-electron chi connectivity index (χ4n) is 3.12. The maximum Gasteiger partial charge on any atom is 0.387 e. The molecule has 4 aromatic rings. The number of fused-ring (bicyclic) bond motifs is 1. The summed E-state index contributed by atoms with van der Waals surface area (Å²) in [5, 5.41) is 2.73. The monoisotopic (exact) mass is 489 g/mol. The van der Waals surface area contributed by atoms with Crippen LogP contribution in [0.25, 0.3) is 16.6 Å². The number of nitrogens with zero attached hydrogens (tertiary/aromatic N) is 2. The molecule has 0 aliphatic carbocycles. The van der Waals surface area contributed by atoms with Crippen LogP contribution in [0.2, 0.25) is 0 Å². The first-order valence-corrected chi connectivity index (χ1v) is 10.7. The number of ether oxygens (including phenoxy) is 1. The summed E-state index contributed by atoms with van der Waals surface area (Å²) in [6.45, 7) is -3.00. The zero-order valence-electron chi connectivity index (χ0n) is 17.2. The van der Waals surface area contributed by atoms with Gasteiger partial charge in [0.15, 0.2) is 5.16 Å². The van der Waals surface area contributed by atoms with E-state index in [1.807, 2.05) is 0 Å². The molecule has 0 aliphatic rings. The standard InChI is InChI=1S/C23H15F4N3O3S/c24-13-5-10-17(25)19(11-13)28-20(31)12-34-23-29-18-4-2-1-3-16(18)21(32)30(23)14-6-8-15(9-7-14)33-22(26)27/h1-11,22H,12H2,(H,28,31). The van der Waals surface area contributed by atoms with Crippen LogP contribution >= 0.6 is 11.8 Å². The molecule has 1 N–H and O–H groups in total. The Labute approximate surface area is 194 Å². The first-order chi connectivity index (χ1) is 16.3. The fraction of sp³-hybridized carbons (Fsp3) is 0.0870. The van der Waals surface area contributed by atoms with Gasteiger partial charge in [-0.1, -0.05) is 23.9 Å². The SMILES string of the molecule is O=C(CSc1nc2ccccc2c(=O)n1-c1ccc(OC(F)F)cc1)Nc1cc(F)ccc1F. The van der Waals surface area contributed by atoms with Crippen LogP contribution in [-0.4, -0.2) is 27.8 Å². The van der Waals surface area contributed by atoms with Crippen molar-refractivity contribution in [1.29, 1.82) is 0 Å². The van der Waals surface area contributed by atoms with Crippen molar-refractivity contribution >= 4 is 34.3 Å². The number of hydrogen-bond acceptors (Lipinski definition) is 5. The van der Waals surface area contributed by atoms with Gasteiger partial charge in [0.1, 0.15) is 17.4 Å². The average Bonchev–Trinajstić information content (AvgIpc) is 2.81. The van der Waals surface area contributed by atoms with Crippen LogP contribution in [0.15, 0.2) is 76.7 Å². The molecule has 0 saturated heterocycles. The van der Waals surface area contributed by atoms with Gasteiger partial charge in [-0.2, -0.15) is 8.78 Å². The second kappa shape index (κ2) is 9.96. The molecule has 0 unspecified atom stereocenters. The Bertz CT molecular complexity index is 1410. The molecule has 6 nitrogen and oxygen atoms in total. The summed E-state index contributed by atoms with van der Waals surface area (Å²) in [4.78, 5) is 30.0. The van der Waals surface area contributed by atoms with E-state index in [0.29, 0.717) is 16.6 Å². The van der Waals surface area contributed by atoms with E-state index in [4.69, 9.17) is 0 Å². The number of halogens is 4. The van der Waals surface area contributed by atoms with Crippen LogP contribution in [0.5, 0.6) is 5.75 Å². The molecule has 0 saturated carbocycles. The smallest absolute Gasteiger partial charge is 0.387 e. The first-order valence-electron chi connectivity index (χ1n) is 9.76. The Morgan fingerprint density at radius 2 is 1.79 bits per heavy atom. The van der Waals surface area contributed by atoms with Gasteiger partial charge in [-0.15, -0.1) is 0 Å². The third kappa shape index (κ3) is 5.20. The van der Waals surface area contributed by atoms with Crippen molar-refractivity contribution in [1.82, 2.24) is 9.55 Å². The van der Waals surface area contributed by atoms with E-state index in [1.54, 1.807) is 24.3 Å². The van der Waals surface area contributed by atoms with Gasteiger partial charge in [0.2, 0.25) is 5.91 Å². The molecule has 3 aromatic carbocycles. The second-order valence-electron chi connectivity index (χ2n) is 6.89. The highest BCUT2D eigenvalue weighted by atomic mass is 32.2. The third-order valence-electron chi connectivity index (χ3n) is 4.60. The Balaban J connectivity index is 1.65. The third-order valence-corrected chi connectivity index (χ3v) is 5.54. The van der Waals surface area contributed by atoms with Gasteiger partial charge >= 0.3 is 6.61 Å². The quantitative estimate of drug-likeness (QED) is 0.225. The van der Waals surface area contributed by atoms with Gasteiger partial charge < -0.3 is 10.1 Å². The lowest BCUT2D eigenvalue weighted by Crippen LogP contribution is -2.23. The molecule has 0 radical (unpaired) electrons. The predicted octanol–water partition coefficient (Wildman–Crippen LogP) is 5.00. The van der Waals surface area contributed by atoms with E-state index in [9.17, 15) is 27.2 Å². The molecule has 1 amide bonds. The molecule has 1 heterocycles. The van der Waals surface area contributed by atoms with Crippen LogP contribution in [0.1, 0.15) is 0 Å². The number of thioether (sulfide) groups is 1. The topological polar surface area (TPSA) is 73.2 Å². The van der Waals surface area contributed by atoms with Gasteiger partial charge in [0.25, 0.3) is 5.56 Å². The number of para-hydroxylation sites is 1. The Morgan fingerprint density at radius 1 is 1.06 bits per heavy atom. The number of amides is 1. The lowest BCUT2D eigenvalue weighted by atomic mass is 10.2. The van der Waals surface area contributed by atoms with E-state index in [2.05, 4.69) is 15.0 Å². The number of anilines is 1. The van der Waals surface area contributed by atoms with Crippen molar-refractivity contribution in [2.45, 2.75) is 11.8 Å². The normalized spacial score (nSPS) is 11.1. The lowest BCUT2D eigenvalue weighted by molar-refractivity contribution is -0.113. The molecule has 11 heteroatoms. The van der Waals surface area contributed by atoms with E-state index in [-0.39, 0.29) is 22.3 Å². The Morgan fingerprint density at radius 3 is 2.53 bits per heavy atom. The molecule has 1 aromatic heterocycles. The van der Waals surface area contributed by atoms with Crippen molar-refractivity contribution in [3.8, 4) is 11.4 Å². The van der Waals surface area contributed by atoms with Crippen LogP contribution < -0.4 is 15.6 Å². The van der Waals surface area contributed by atoms with Gasteiger partial charge in [-0.05, 0) is 48.5 Å². The molecular formula is C23H15F4N3O3S. The van der Waals surface area contributed by atoms with Crippen molar-refractivity contribution in [2.24, 2.45) is 0 Å². The zero-order chi connectivity index (χ0) is 24.2. The zero-order valence-corrected chi connectivity index (χ0v) is 18.0. The second-order valence-corrected chi connectivity index (χ2v) is 7.83. The number of aromatic nitrogens is 2. The van der Waals surface area contributed by atoms with E-state index < -0.39 is 29.7 Å². The maximum atomic E-state index is 13.8. The number of alkyl halides is 2. The molecule has 34 heavy (non-hydrogen) atoms. The number of nitrogens with one attached hydrogen (secondary N) is 1. The van der Waals surface area contributed by atoms with Crippen LogP contribution in [0.4, 0.5) is 23.2 Å². The highest BCUT2D eigenvalue weighted by molar-refractivity contribution is 7.99. The van der Waals surface area contributed by atoms with Crippen molar-refractivity contribution in [3.63, 3.8) is 0 Å². The lowest BCUT2D eigenvalue weighted by Gasteiger charge is -2.14. The van der Waals surface area contributed by atoms with Crippen molar-refractivity contribution in [2.75, 3.05) is 11.1 Å².